The van der Waals surface area contributed by atoms with Crippen LogP contribution in [0.4, 0.5) is 10.6 Å². The van der Waals surface area contributed by atoms with Gasteiger partial charge >= 0.3 is 6.03 Å². The highest BCUT2D eigenvalue weighted by atomic mass is 16.5. The van der Waals surface area contributed by atoms with Gasteiger partial charge in [0.25, 0.3) is 0 Å². The van der Waals surface area contributed by atoms with Gasteiger partial charge in [-0.2, -0.15) is 5.10 Å². The largest absolute Gasteiger partial charge is 0.359 e. The molecule has 1 N–H and O–H groups in total. The molecule has 0 bridgehead atoms. The van der Waals surface area contributed by atoms with Gasteiger partial charge in [0.1, 0.15) is 5.82 Å². The third kappa shape index (κ3) is 2.96. The van der Waals surface area contributed by atoms with Crippen LogP contribution < -0.4 is 5.32 Å². The smallest absolute Gasteiger partial charge is 0.323 e. The molecule has 1 saturated heterocycles. The van der Waals surface area contributed by atoms with Gasteiger partial charge in [-0.25, -0.2) is 4.79 Å². The summed E-state index contributed by atoms with van der Waals surface area (Å²) >= 11 is 0. The Labute approximate surface area is 151 Å². The lowest BCUT2D eigenvalue weighted by Gasteiger charge is -2.23. The lowest BCUT2D eigenvalue weighted by molar-refractivity contribution is 0.195. The molecule has 3 aromatic rings. The molecule has 7 nitrogen and oxygen atoms in total. The zero-order valence-electron chi connectivity index (χ0n) is 14.8. The molecule has 4 rings (SSSR count). The Balaban J connectivity index is 1.58. The minimum absolute atomic E-state index is 0.0791. The second-order valence-electron chi connectivity index (χ2n) is 6.55. The molecule has 26 heavy (non-hydrogen) atoms. The van der Waals surface area contributed by atoms with Crippen LogP contribution in [0.25, 0.3) is 11.1 Å². The fourth-order valence-electron chi connectivity index (χ4n) is 3.43. The molecule has 2 aromatic heterocycles. The molecule has 1 fully saturated rings. The van der Waals surface area contributed by atoms with E-state index in [1.165, 1.54) is 0 Å². The zero-order chi connectivity index (χ0) is 18.1. The molecule has 1 atom stereocenters. The number of hydrogen-bond donors (Lipinski definition) is 1. The lowest BCUT2D eigenvalue weighted by Crippen LogP contribution is -2.35. The van der Waals surface area contributed by atoms with Crippen molar-refractivity contribution in [2.24, 2.45) is 7.05 Å². The number of nitrogens with zero attached hydrogens (tertiary/aromatic N) is 4. The maximum Gasteiger partial charge on any atom is 0.323 e. The normalized spacial score (nSPS) is 16.8. The summed E-state index contributed by atoms with van der Waals surface area (Å²) in [6.45, 7) is 2.57. The van der Waals surface area contributed by atoms with E-state index < -0.39 is 0 Å². The van der Waals surface area contributed by atoms with Crippen molar-refractivity contribution in [3.63, 3.8) is 0 Å². The molecule has 7 heteroatoms. The number of benzene rings is 1. The zero-order valence-corrected chi connectivity index (χ0v) is 14.8. The van der Waals surface area contributed by atoms with E-state index in [0.29, 0.717) is 12.4 Å². The quantitative estimate of drug-likeness (QED) is 0.780. The molecule has 0 unspecified atom stereocenters. The van der Waals surface area contributed by atoms with Gasteiger partial charge in [0.05, 0.1) is 17.9 Å². The number of aryl methyl sites for hydroxylation is 2. The predicted octanol–water partition coefficient (Wildman–Crippen LogP) is 3.75. The van der Waals surface area contributed by atoms with E-state index in [2.05, 4.69) is 15.6 Å². The number of nitrogens with one attached hydrogen (secondary N) is 1. The lowest BCUT2D eigenvalue weighted by atomic mass is 10.1. The van der Waals surface area contributed by atoms with E-state index in [4.69, 9.17) is 4.52 Å². The summed E-state index contributed by atoms with van der Waals surface area (Å²) in [5.41, 5.74) is 2.73. The molecule has 1 aliphatic rings. The number of likely N-dealkylation sites (tertiary alicyclic amines) is 1. The van der Waals surface area contributed by atoms with E-state index in [0.717, 1.165) is 35.4 Å². The minimum Gasteiger partial charge on any atom is -0.359 e. The van der Waals surface area contributed by atoms with Gasteiger partial charge in [0.15, 0.2) is 5.76 Å². The highest BCUT2D eigenvalue weighted by molar-refractivity contribution is 5.93. The van der Waals surface area contributed by atoms with Gasteiger partial charge in [-0.1, -0.05) is 35.5 Å². The molecular weight excluding hydrogens is 330 g/mol. The van der Waals surface area contributed by atoms with E-state index in [-0.39, 0.29) is 12.1 Å². The molecule has 0 radical (unpaired) electrons. The topological polar surface area (TPSA) is 76.2 Å². The Bertz CT molecular complexity index is 915. The fraction of sp³-hybridized carbons (Fsp3) is 0.316. The first-order valence-electron chi connectivity index (χ1n) is 8.72. The van der Waals surface area contributed by atoms with Gasteiger partial charge in [0.2, 0.25) is 0 Å². The van der Waals surface area contributed by atoms with Crippen LogP contribution >= 0.6 is 0 Å². The van der Waals surface area contributed by atoms with Gasteiger partial charge < -0.3 is 9.42 Å². The molecule has 0 spiro atoms. The molecule has 3 heterocycles. The number of carbonyl (C=O) groups is 1. The molecular formula is C19H21N5O2. The SMILES string of the molecule is Cc1cc([C@H]2CCCN2C(=O)Nc2c(-c3ccccc3)cnn2C)on1. The predicted molar refractivity (Wildman–Crippen MR) is 97.6 cm³/mol. The first kappa shape index (κ1) is 16.4. The number of hydrogen-bond acceptors (Lipinski definition) is 4. The van der Waals surface area contributed by atoms with Crippen molar-refractivity contribution in [2.45, 2.75) is 25.8 Å². The van der Waals surface area contributed by atoms with Crippen molar-refractivity contribution < 1.29 is 9.32 Å². The van der Waals surface area contributed by atoms with Gasteiger partial charge in [0, 0.05) is 25.2 Å². The van der Waals surface area contributed by atoms with Crippen LogP contribution in [-0.2, 0) is 7.05 Å². The van der Waals surface area contributed by atoms with Gasteiger partial charge in [-0.15, -0.1) is 0 Å². The summed E-state index contributed by atoms with van der Waals surface area (Å²) in [5.74, 6) is 1.42. The van der Waals surface area contributed by atoms with Crippen LogP contribution in [0, 0.1) is 6.92 Å². The van der Waals surface area contributed by atoms with Crippen LogP contribution in [0.5, 0.6) is 0 Å². The molecule has 2 amide bonds. The summed E-state index contributed by atoms with van der Waals surface area (Å²) < 4.78 is 7.08. The van der Waals surface area contributed by atoms with Crippen molar-refractivity contribution in [1.82, 2.24) is 19.8 Å². The Hall–Kier alpha value is -3.09. The minimum atomic E-state index is -0.151. The van der Waals surface area contributed by atoms with Crippen molar-refractivity contribution in [3.05, 3.63) is 54.0 Å². The highest BCUT2D eigenvalue weighted by Crippen LogP contribution is 2.34. The van der Waals surface area contributed by atoms with Crippen LogP contribution in [0.2, 0.25) is 0 Å². The summed E-state index contributed by atoms with van der Waals surface area (Å²) in [6, 6.07) is 11.6. The van der Waals surface area contributed by atoms with Crippen molar-refractivity contribution in [2.75, 3.05) is 11.9 Å². The van der Waals surface area contributed by atoms with Gasteiger partial charge in [-0.05, 0) is 25.3 Å². The maximum absolute atomic E-state index is 13.0. The molecule has 1 aliphatic heterocycles. The highest BCUT2D eigenvalue weighted by Gasteiger charge is 2.33. The van der Waals surface area contributed by atoms with Crippen molar-refractivity contribution in [3.8, 4) is 11.1 Å². The third-order valence-electron chi connectivity index (χ3n) is 4.74. The molecule has 0 saturated carbocycles. The number of anilines is 1. The first-order chi connectivity index (χ1) is 12.6. The first-order valence-corrected chi connectivity index (χ1v) is 8.72. The summed E-state index contributed by atoms with van der Waals surface area (Å²) in [6.07, 6.45) is 3.58. The standard InChI is InChI=1S/C19H21N5O2/c1-13-11-17(26-22-13)16-9-6-10-24(16)19(25)21-18-15(12-20-23(18)2)14-7-4-3-5-8-14/h3-5,7-8,11-12,16H,6,9-10H2,1-2H3,(H,21,25)/t16-/m1/s1. The van der Waals surface area contributed by atoms with Crippen molar-refractivity contribution >= 4 is 11.8 Å². The Kier molecular flexibility index (Phi) is 4.20. The Morgan fingerprint density at radius 1 is 1.31 bits per heavy atom. The second kappa shape index (κ2) is 6.67. The number of amides is 2. The monoisotopic (exact) mass is 351 g/mol. The van der Waals surface area contributed by atoms with E-state index in [1.807, 2.05) is 55.3 Å². The summed E-state index contributed by atoms with van der Waals surface area (Å²) in [7, 11) is 1.82. The number of urea groups is 1. The summed E-state index contributed by atoms with van der Waals surface area (Å²) in [4.78, 5) is 14.8. The third-order valence-corrected chi connectivity index (χ3v) is 4.74. The van der Waals surface area contributed by atoms with Crippen LogP contribution in [0.3, 0.4) is 0 Å². The molecule has 134 valence electrons. The molecule has 0 aliphatic carbocycles. The Morgan fingerprint density at radius 2 is 2.12 bits per heavy atom. The van der Waals surface area contributed by atoms with E-state index in [9.17, 15) is 4.79 Å². The second-order valence-corrected chi connectivity index (χ2v) is 6.55. The Morgan fingerprint density at radius 3 is 2.85 bits per heavy atom. The van der Waals surface area contributed by atoms with Gasteiger partial charge in [-0.3, -0.25) is 10.00 Å². The molecule has 1 aromatic carbocycles. The summed E-state index contributed by atoms with van der Waals surface area (Å²) in [5, 5.41) is 11.3. The number of carbonyl (C=O) groups excluding carboxylic acids is 1. The maximum atomic E-state index is 13.0. The number of rotatable bonds is 3. The van der Waals surface area contributed by atoms with Crippen LogP contribution in [-0.4, -0.2) is 32.4 Å². The van der Waals surface area contributed by atoms with E-state index >= 15 is 0 Å². The van der Waals surface area contributed by atoms with Crippen LogP contribution in [0.15, 0.2) is 47.1 Å². The van der Waals surface area contributed by atoms with Crippen molar-refractivity contribution in [1.29, 1.82) is 0 Å². The van der Waals surface area contributed by atoms with E-state index in [1.54, 1.807) is 10.9 Å². The average Bonchev–Trinajstić information content (AvgIpc) is 3.36. The average molecular weight is 351 g/mol. The fourth-order valence-corrected chi connectivity index (χ4v) is 3.43. The van der Waals surface area contributed by atoms with Crippen LogP contribution in [0.1, 0.15) is 30.3 Å². The number of aromatic nitrogens is 3.